The van der Waals surface area contributed by atoms with E-state index < -0.39 is 28.0 Å². The number of nitro groups is 1. The molecule has 1 aromatic carbocycles. The van der Waals surface area contributed by atoms with Gasteiger partial charge in [-0.15, -0.1) is 0 Å². The smallest absolute Gasteiger partial charge is 0.314 e. The van der Waals surface area contributed by atoms with Gasteiger partial charge < -0.3 is 15.7 Å². The Kier molecular flexibility index (Phi) is 3.88. The molecule has 0 bridgehead atoms. The molecule has 0 spiro atoms. The van der Waals surface area contributed by atoms with Crippen LogP contribution in [-0.4, -0.2) is 25.9 Å². The van der Waals surface area contributed by atoms with E-state index in [1.54, 1.807) is 0 Å². The van der Waals surface area contributed by atoms with Gasteiger partial charge in [0.25, 0.3) is 0 Å². The van der Waals surface area contributed by atoms with Gasteiger partial charge in [0.2, 0.25) is 11.6 Å². The van der Waals surface area contributed by atoms with Crippen LogP contribution in [0.3, 0.4) is 0 Å². The molecule has 0 saturated carbocycles. The van der Waals surface area contributed by atoms with E-state index in [9.17, 15) is 14.5 Å². The monoisotopic (exact) mass is 293 g/mol. The first-order valence-electron chi connectivity index (χ1n) is 5.44. The quantitative estimate of drug-likeness (QED) is 0.286. The van der Waals surface area contributed by atoms with Crippen LogP contribution in [0.1, 0.15) is 5.69 Å². The van der Waals surface area contributed by atoms with E-state index >= 15 is 0 Å². The van der Waals surface area contributed by atoms with Gasteiger partial charge in [-0.2, -0.15) is 0 Å². The third kappa shape index (κ3) is 2.83. The zero-order valence-corrected chi connectivity index (χ0v) is 10.3. The van der Waals surface area contributed by atoms with Crippen molar-refractivity contribution in [3.63, 3.8) is 0 Å². The second-order valence-electron chi connectivity index (χ2n) is 3.64. The summed E-state index contributed by atoms with van der Waals surface area (Å²) in [6.07, 6.45) is 2.44. The minimum Gasteiger partial charge on any atom is -0.426 e. The van der Waals surface area contributed by atoms with Crippen LogP contribution in [0, 0.1) is 15.9 Å². The summed E-state index contributed by atoms with van der Waals surface area (Å²) in [5, 5.41) is 22.2. The van der Waals surface area contributed by atoms with E-state index in [4.69, 9.17) is 15.7 Å². The van der Waals surface area contributed by atoms with Crippen LogP contribution in [0.2, 0.25) is 0 Å². The summed E-state index contributed by atoms with van der Waals surface area (Å²) >= 11 is 0. The van der Waals surface area contributed by atoms with Crippen LogP contribution >= 0.6 is 0 Å². The second kappa shape index (κ2) is 5.77. The Hall–Kier alpha value is -3.30. The fourth-order valence-electron chi connectivity index (χ4n) is 1.46. The Morgan fingerprint density at radius 2 is 2.14 bits per heavy atom. The number of hydrogen-bond donors (Lipinski definition) is 2. The predicted molar refractivity (Wildman–Crippen MR) is 67.7 cm³/mol. The Labute approximate surface area is 116 Å². The lowest BCUT2D eigenvalue weighted by Crippen LogP contribution is -2.17. The van der Waals surface area contributed by atoms with Crippen molar-refractivity contribution in [2.75, 3.05) is 0 Å². The molecular formula is C11H8FN5O4. The summed E-state index contributed by atoms with van der Waals surface area (Å²) in [6.45, 7) is 0. The van der Waals surface area contributed by atoms with Crippen molar-refractivity contribution in [2.24, 2.45) is 10.9 Å². The molecule has 0 aliphatic rings. The fourth-order valence-corrected chi connectivity index (χ4v) is 1.46. The lowest BCUT2D eigenvalue weighted by molar-refractivity contribution is -0.385. The zero-order chi connectivity index (χ0) is 15.4. The average Bonchev–Trinajstić information content (AvgIpc) is 2.48. The summed E-state index contributed by atoms with van der Waals surface area (Å²) in [7, 11) is 0. The Morgan fingerprint density at radius 3 is 2.81 bits per heavy atom. The number of ether oxygens (including phenoxy) is 1. The first-order chi connectivity index (χ1) is 10.0. The van der Waals surface area contributed by atoms with E-state index in [0.29, 0.717) is 0 Å². The van der Waals surface area contributed by atoms with E-state index in [2.05, 4.69) is 15.1 Å². The van der Waals surface area contributed by atoms with Crippen molar-refractivity contribution in [1.29, 1.82) is 0 Å². The molecule has 21 heavy (non-hydrogen) atoms. The molecule has 9 nitrogen and oxygen atoms in total. The number of rotatable bonds is 4. The van der Waals surface area contributed by atoms with Gasteiger partial charge in [-0.3, -0.25) is 10.1 Å². The third-order valence-electron chi connectivity index (χ3n) is 2.36. The first kappa shape index (κ1) is 14.1. The average molecular weight is 293 g/mol. The number of halogens is 1. The minimum atomic E-state index is -0.958. The number of nitrogens with two attached hydrogens (primary N) is 1. The number of para-hydroxylation sites is 1. The maximum atomic E-state index is 13.7. The highest BCUT2D eigenvalue weighted by molar-refractivity contribution is 5.97. The van der Waals surface area contributed by atoms with Gasteiger partial charge >= 0.3 is 5.69 Å². The molecule has 1 heterocycles. The highest BCUT2D eigenvalue weighted by Crippen LogP contribution is 2.33. The van der Waals surface area contributed by atoms with Crippen molar-refractivity contribution in [2.45, 2.75) is 0 Å². The largest absolute Gasteiger partial charge is 0.426 e. The number of hydrogen-bond acceptors (Lipinski definition) is 7. The maximum absolute atomic E-state index is 13.7. The Bertz CT molecular complexity index is 722. The van der Waals surface area contributed by atoms with Gasteiger partial charge in [-0.25, -0.2) is 14.4 Å². The zero-order valence-electron chi connectivity index (χ0n) is 10.3. The van der Waals surface area contributed by atoms with Crippen LogP contribution in [-0.2, 0) is 0 Å². The molecule has 0 amide bonds. The van der Waals surface area contributed by atoms with Gasteiger partial charge in [0.1, 0.15) is 0 Å². The molecule has 10 heteroatoms. The summed E-state index contributed by atoms with van der Waals surface area (Å²) < 4.78 is 18.8. The van der Waals surface area contributed by atoms with Crippen LogP contribution in [0.25, 0.3) is 0 Å². The van der Waals surface area contributed by atoms with Crippen molar-refractivity contribution in [1.82, 2.24) is 9.97 Å². The summed E-state index contributed by atoms with van der Waals surface area (Å²) in [5.41, 5.74) is 4.60. The molecule has 0 unspecified atom stereocenters. The molecule has 0 saturated heterocycles. The number of amidine groups is 1. The first-order valence-corrected chi connectivity index (χ1v) is 5.44. The van der Waals surface area contributed by atoms with Gasteiger partial charge in [0, 0.05) is 18.5 Å². The van der Waals surface area contributed by atoms with Crippen molar-refractivity contribution >= 4 is 11.5 Å². The summed E-state index contributed by atoms with van der Waals surface area (Å²) in [5.74, 6) is -2.37. The van der Waals surface area contributed by atoms with Crippen molar-refractivity contribution in [3.05, 3.63) is 52.2 Å². The molecule has 0 aliphatic carbocycles. The lowest BCUT2D eigenvalue weighted by Gasteiger charge is -2.08. The Morgan fingerprint density at radius 1 is 1.43 bits per heavy atom. The maximum Gasteiger partial charge on any atom is 0.314 e. The molecule has 3 N–H and O–H groups in total. The van der Waals surface area contributed by atoms with Gasteiger partial charge in [-0.05, 0) is 6.07 Å². The number of nitrogens with zero attached hydrogens (tertiary/aromatic N) is 4. The predicted octanol–water partition coefficient (Wildman–Crippen LogP) is 1.41. The summed E-state index contributed by atoms with van der Waals surface area (Å²) in [4.78, 5) is 17.6. The van der Waals surface area contributed by atoms with Crippen LogP contribution in [0.15, 0.2) is 35.7 Å². The Balaban J connectivity index is 2.52. The minimum absolute atomic E-state index is 0.183. The normalized spacial score (nSPS) is 11.2. The van der Waals surface area contributed by atoms with Crippen LogP contribution < -0.4 is 10.5 Å². The molecular weight excluding hydrogens is 285 g/mol. The molecule has 1 aromatic heterocycles. The van der Waals surface area contributed by atoms with Gasteiger partial charge in [0.05, 0.1) is 4.92 Å². The van der Waals surface area contributed by atoms with E-state index in [1.807, 2.05) is 0 Å². The van der Waals surface area contributed by atoms with Crippen LogP contribution in [0.5, 0.6) is 11.6 Å². The van der Waals surface area contributed by atoms with Gasteiger partial charge in [0.15, 0.2) is 17.3 Å². The van der Waals surface area contributed by atoms with Crippen molar-refractivity contribution < 1.29 is 19.3 Å². The topological polar surface area (TPSA) is 137 Å². The molecule has 0 atom stereocenters. The molecule has 2 aromatic rings. The lowest BCUT2D eigenvalue weighted by atomic mass is 10.3. The fraction of sp³-hybridized carbons (Fsp3) is 0. The number of benzene rings is 1. The summed E-state index contributed by atoms with van der Waals surface area (Å²) in [6, 6.07) is 3.22. The number of oxime groups is 1. The third-order valence-corrected chi connectivity index (χ3v) is 2.36. The van der Waals surface area contributed by atoms with E-state index in [-0.39, 0.29) is 11.6 Å². The molecule has 0 aliphatic heterocycles. The SMILES string of the molecule is N/C(=N/O)c1nccnc1Oc1c(F)cccc1[N+](=O)[O-]. The second-order valence-corrected chi connectivity index (χ2v) is 3.64. The number of nitro benzene ring substituents is 1. The standard InChI is InChI=1S/C11H8FN5O4/c12-6-2-1-3-7(17(19)20)9(6)21-11-8(10(13)16-18)14-4-5-15-11/h1-5,18H,(H2,13,16). The molecule has 0 radical (unpaired) electrons. The van der Waals surface area contributed by atoms with E-state index in [0.717, 1.165) is 12.1 Å². The molecule has 0 fully saturated rings. The molecule has 108 valence electrons. The molecule has 2 rings (SSSR count). The van der Waals surface area contributed by atoms with Crippen LogP contribution in [0.4, 0.5) is 10.1 Å². The highest BCUT2D eigenvalue weighted by atomic mass is 19.1. The highest BCUT2D eigenvalue weighted by Gasteiger charge is 2.23. The van der Waals surface area contributed by atoms with Crippen molar-refractivity contribution in [3.8, 4) is 11.6 Å². The van der Waals surface area contributed by atoms with Gasteiger partial charge in [-0.1, -0.05) is 11.2 Å². The number of aromatic nitrogens is 2. The van der Waals surface area contributed by atoms with E-state index in [1.165, 1.54) is 18.5 Å².